The summed E-state index contributed by atoms with van der Waals surface area (Å²) >= 11 is 0. The van der Waals surface area contributed by atoms with E-state index in [2.05, 4.69) is 55.1 Å². The molecule has 0 spiro atoms. The summed E-state index contributed by atoms with van der Waals surface area (Å²) in [7, 11) is 1.91. The van der Waals surface area contributed by atoms with Crippen molar-refractivity contribution >= 4 is 11.6 Å². The molecule has 132 valence electrons. The summed E-state index contributed by atoms with van der Waals surface area (Å²) in [6.07, 6.45) is 2.07. The zero-order chi connectivity index (χ0) is 17.8. The molecule has 1 fully saturated rings. The lowest BCUT2D eigenvalue weighted by Crippen LogP contribution is -2.43. The van der Waals surface area contributed by atoms with Crippen molar-refractivity contribution in [3.63, 3.8) is 0 Å². The lowest BCUT2D eigenvalue weighted by atomic mass is 9.95. The van der Waals surface area contributed by atoms with Crippen LogP contribution in [0.5, 0.6) is 0 Å². The zero-order valence-electron chi connectivity index (χ0n) is 15.5. The van der Waals surface area contributed by atoms with Gasteiger partial charge in [0.15, 0.2) is 0 Å². The van der Waals surface area contributed by atoms with E-state index in [0.717, 1.165) is 38.2 Å². The van der Waals surface area contributed by atoms with Crippen LogP contribution in [0, 0.1) is 19.8 Å². The first kappa shape index (κ1) is 17.7. The Labute approximate surface area is 151 Å². The van der Waals surface area contributed by atoms with E-state index in [9.17, 15) is 4.79 Å². The minimum absolute atomic E-state index is 0.0871. The Morgan fingerprint density at radius 1 is 1.12 bits per heavy atom. The van der Waals surface area contributed by atoms with E-state index in [1.807, 2.05) is 24.1 Å². The fraction of sp³-hybridized carbons (Fsp3) is 0.409. The Morgan fingerprint density at radius 3 is 2.60 bits per heavy atom. The Hall–Kier alpha value is -2.13. The summed E-state index contributed by atoms with van der Waals surface area (Å²) in [5.41, 5.74) is 4.80. The maximum Gasteiger partial charge on any atom is 0.231 e. The number of carbonyl (C=O) groups excluding carboxylic acids is 1. The van der Waals surface area contributed by atoms with Gasteiger partial charge in [-0.15, -0.1) is 0 Å². The number of nitrogens with zero attached hydrogens (tertiary/aromatic N) is 2. The van der Waals surface area contributed by atoms with Gasteiger partial charge >= 0.3 is 0 Å². The van der Waals surface area contributed by atoms with Gasteiger partial charge in [0.25, 0.3) is 0 Å². The van der Waals surface area contributed by atoms with E-state index in [1.165, 1.54) is 16.7 Å². The number of aryl methyl sites for hydroxylation is 2. The number of piperidine rings is 1. The van der Waals surface area contributed by atoms with E-state index < -0.39 is 0 Å². The molecule has 2 aromatic carbocycles. The number of rotatable bonds is 4. The van der Waals surface area contributed by atoms with Crippen LogP contribution in [0.4, 0.5) is 5.69 Å². The van der Waals surface area contributed by atoms with Gasteiger partial charge in [-0.3, -0.25) is 9.69 Å². The van der Waals surface area contributed by atoms with Crippen LogP contribution >= 0.6 is 0 Å². The van der Waals surface area contributed by atoms with Crippen LogP contribution in [-0.4, -0.2) is 30.9 Å². The summed E-state index contributed by atoms with van der Waals surface area (Å²) in [5.74, 6) is 0.324. The molecule has 0 aliphatic carbocycles. The monoisotopic (exact) mass is 336 g/mol. The molecule has 0 aromatic heterocycles. The molecule has 0 N–H and O–H groups in total. The van der Waals surface area contributed by atoms with Crippen LogP contribution in [0.3, 0.4) is 0 Å². The van der Waals surface area contributed by atoms with Crippen LogP contribution < -0.4 is 4.90 Å². The van der Waals surface area contributed by atoms with Crippen LogP contribution in [0.1, 0.15) is 29.5 Å². The SMILES string of the molecule is Cc1ccc(N(C)C(=O)[C@H]2CCCN(Cc3ccccc3)C2)cc1C. The fourth-order valence-electron chi connectivity index (χ4n) is 3.58. The molecule has 1 atom stereocenters. The van der Waals surface area contributed by atoms with E-state index in [4.69, 9.17) is 0 Å². The number of anilines is 1. The van der Waals surface area contributed by atoms with Crippen molar-refractivity contribution in [3.05, 3.63) is 65.2 Å². The van der Waals surface area contributed by atoms with Gasteiger partial charge in [-0.05, 0) is 62.1 Å². The first-order valence-corrected chi connectivity index (χ1v) is 9.15. The first-order valence-electron chi connectivity index (χ1n) is 9.15. The molecular formula is C22H28N2O. The molecule has 1 heterocycles. The van der Waals surface area contributed by atoms with Crippen LogP contribution in [0.2, 0.25) is 0 Å². The van der Waals surface area contributed by atoms with E-state index >= 15 is 0 Å². The maximum atomic E-state index is 13.0. The Bertz CT molecular complexity index is 726. The minimum atomic E-state index is 0.0871. The average Bonchev–Trinajstić information content (AvgIpc) is 2.64. The number of hydrogen-bond donors (Lipinski definition) is 0. The number of carbonyl (C=O) groups is 1. The van der Waals surface area contributed by atoms with Gasteiger partial charge in [0.05, 0.1) is 5.92 Å². The molecule has 3 rings (SSSR count). The van der Waals surface area contributed by atoms with Gasteiger partial charge in [-0.1, -0.05) is 36.4 Å². The summed E-state index contributed by atoms with van der Waals surface area (Å²) < 4.78 is 0. The highest BCUT2D eigenvalue weighted by Crippen LogP contribution is 2.24. The quantitative estimate of drug-likeness (QED) is 0.836. The summed E-state index contributed by atoms with van der Waals surface area (Å²) in [5, 5.41) is 0. The highest BCUT2D eigenvalue weighted by molar-refractivity contribution is 5.94. The normalized spacial score (nSPS) is 18.1. The van der Waals surface area contributed by atoms with Crippen molar-refractivity contribution in [2.45, 2.75) is 33.2 Å². The van der Waals surface area contributed by atoms with Crippen molar-refractivity contribution < 1.29 is 4.79 Å². The average molecular weight is 336 g/mol. The van der Waals surface area contributed by atoms with Gasteiger partial charge in [0.2, 0.25) is 5.91 Å². The van der Waals surface area contributed by atoms with E-state index in [0.29, 0.717) is 0 Å². The standard InChI is InChI=1S/C22H28N2O/c1-17-11-12-21(14-18(17)2)23(3)22(25)20-10-7-13-24(16-20)15-19-8-5-4-6-9-19/h4-6,8-9,11-12,14,20H,7,10,13,15-16H2,1-3H3/t20-/m0/s1. The molecule has 3 nitrogen and oxygen atoms in total. The molecule has 25 heavy (non-hydrogen) atoms. The molecule has 0 saturated carbocycles. The number of amides is 1. The third-order valence-electron chi connectivity index (χ3n) is 5.31. The Morgan fingerprint density at radius 2 is 1.88 bits per heavy atom. The molecule has 0 radical (unpaired) electrons. The minimum Gasteiger partial charge on any atom is -0.315 e. The molecule has 0 bridgehead atoms. The number of benzene rings is 2. The molecule has 1 saturated heterocycles. The van der Waals surface area contributed by atoms with Crippen LogP contribution in [0.25, 0.3) is 0 Å². The Kier molecular flexibility index (Phi) is 5.54. The van der Waals surface area contributed by atoms with Gasteiger partial charge in [0.1, 0.15) is 0 Å². The second-order valence-corrected chi connectivity index (χ2v) is 7.23. The maximum absolute atomic E-state index is 13.0. The topological polar surface area (TPSA) is 23.6 Å². The molecule has 0 unspecified atom stereocenters. The molecule has 1 amide bonds. The predicted octanol–water partition coefficient (Wildman–Crippen LogP) is 4.18. The van der Waals surface area contributed by atoms with Gasteiger partial charge in [-0.2, -0.15) is 0 Å². The van der Waals surface area contributed by atoms with Gasteiger partial charge in [-0.25, -0.2) is 0 Å². The van der Waals surface area contributed by atoms with Crippen molar-refractivity contribution in [1.29, 1.82) is 0 Å². The zero-order valence-corrected chi connectivity index (χ0v) is 15.5. The molecule has 2 aromatic rings. The lowest BCUT2D eigenvalue weighted by Gasteiger charge is -2.34. The highest BCUT2D eigenvalue weighted by Gasteiger charge is 2.28. The number of likely N-dealkylation sites (tertiary alicyclic amines) is 1. The summed E-state index contributed by atoms with van der Waals surface area (Å²) in [6, 6.07) is 16.8. The first-order chi connectivity index (χ1) is 12.0. The second-order valence-electron chi connectivity index (χ2n) is 7.23. The lowest BCUT2D eigenvalue weighted by molar-refractivity contribution is -0.123. The predicted molar refractivity (Wildman–Crippen MR) is 104 cm³/mol. The molecular weight excluding hydrogens is 308 g/mol. The van der Waals surface area contributed by atoms with Crippen molar-refractivity contribution in [1.82, 2.24) is 4.90 Å². The van der Waals surface area contributed by atoms with E-state index in [1.54, 1.807) is 0 Å². The molecule has 1 aliphatic heterocycles. The van der Waals surface area contributed by atoms with Crippen molar-refractivity contribution in [3.8, 4) is 0 Å². The summed E-state index contributed by atoms with van der Waals surface area (Å²) in [6.45, 7) is 7.05. The van der Waals surface area contributed by atoms with Crippen molar-refractivity contribution in [2.24, 2.45) is 5.92 Å². The fourth-order valence-corrected chi connectivity index (χ4v) is 3.58. The van der Waals surface area contributed by atoms with Crippen LogP contribution in [0.15, 0.2) is 48.5 Å². The molecule has 3 heteroatoms. The van der Waals surface area contributed by atoms with E-state index in [-0.39, 0.29) is 11.8 Å². The smallest absolute Gasteiger partial charge is 0.231 e. The molecule has 1 aliphatic rings. The van der Waals surface area contributed by atoms with Crippen molar-refractivity contribution in [2.75, 3.05) is 25.0 Å². The Balaban J connectivity index is 1.65. The third-order valence-corrected chi connectivity index (χ3v) is 5.31. The second kappa shape index (κ2) is 7.83. The largest absolute Gasteiger partial charge is 0.315 e. The highest BCUT2D eigenvalue weighted by atomic mass is 16.2. The van der Waals surface area contributed by atoms with Gasteiger partial charge < -0.3 is 4.90 Å². The van der Waals surface area contributed by atoms with Crippen LogP contribution in [-0.2, 0) is 11.3 Å². The van der Waals surface area contributed by atoms with Gasteiger partial charge in [0, 0.05) is 25.8 Å². The summed E-state index contributed by atoms with van der Waals surface area (Å²) in [4.78, 5) is 17.2. The third kappa shape index (κ3) is 4.29. The number of hydrogen-bond acceptors (Lipinski definition) is 2.